The summed E-state index contributed by atoms with van der Waals surface area (Å²) in [5, 5.41) is 0. The molecule has 5 rings (SSSR count). The largest absolute Gasteiger partial charge is 0.496 e. The van der Waals surface area contributed by atoms with Crippen LogP contribution in [0.3, 0.4) is 0 Å². The fraction of sp³-hybridized carbons (Fsp3) is 0.138. The van der Waals surface area contributed by atoms with Gasteiger partial charge in [0.25, 0.3) is 0 Å². The van der Waals surface area contributed by atoms with Gasteiger partial charge in [-0.05, 0) is 29.3 Å². The van der Waals surface area contributed by atoms with E-state index in [4.69, 9.17) is 14.5 Å². The molecule has 2 heterocycles. The van der Waals surface area contributed by atoms with Crippen LogP contribution >= 0.6 is 0 Å². The number of methoxy groups -OCH3 is 2. The summed E-state index contributed by atoms with van der Waals surface area (Å²) in [6.45, 7) is 0. The molecule has 0 bridgehead atoms. The molecule has 0 radical (unpaired) electrons. The summed E-state index contributed by atoms with van der Waals surface area (Å²) in [5.41, 5.74) is 7.35. The van der Waals surface area contributed by atoms with Gasteiger partial charge in [-0.3, -0.25) is 4.99 Å². The number of nitrogens with zero attached hydrogens (tertiary/aromatic N) is 1. The zero-order chi connectivity index (χ0) is 22.6. The van der Waals surface area contributed by atoms with Gasteiger partial charge in [0.2, 0.25) is 0 Å². The third kappa shape index (κ3) is 4.13. The molecule has 1 aliphatic heterocycles. The van der Waals surface area contributed by atoms with E-state index in [1.54, 1.807) is 14.2 Å². The molecule has 164 valence electrons. The Morgan fingerprint density at radius 1 is 0.939 bits per heavy atom. The number of hydrogen-bond acceptors (Lipinski definition) is 3. The maximum atomic E-state index is 5.69. The molecule has 1 N–H and O–H groups in total. The highest BCUT2D eigenvalue weighted by Crippen LogP contribution is 2.36. The molecule has 2 aromatic carbocycles. The van der Waals surface area contributed by atoms with Crippen molar-refractivity contribution >= 4 is 17.4 Å². The normalized spacial score (nSPS) is 20.7. The lowest BCUT2D eigenvalue weighted by molar-refractivity contribution is 0.128. The van der Waals surface area contributed by atoms with E-state index >= 15 is 0 Å². The van der Waals surface area contributed by atoms with Crippen molar-refractivity contribution in [3.63, 3.8) is 0 Å². The standard InChI is InChI=1S/C29H26N2O2/c1-32-27-14-8-6-12-23(27)21-16-25(30-18-21)29(20-10-4-3-5-11-20)26-17-22(19-31-26)24-13-7-9-15-28(24)33-2/h3-19,23,27,30H,1-2H3/b29-26-. The van der Waals surface area contributed by atoms with Gasteiger partial charge in [0, 0.05) is 47.8 Å². The minimum absolute atomic E-state index is 0.0213. The van der Waals surface area contributed by atoms with Gasteiger partial charge in [-0.1, -0.05) is 72.8 Å². The van der Waals surface area contributed by atoms with Crippen LogP contribution in [0.2, 0.25) is 0 Å². The first-order chi connectivity index (χ1) is 16.3. The molecule has 1 aromatic heterocycles. The molecule has 4 nitrogen and oxygen atoms in total. The minimum Gasteiger partial charge on any atom is -0.496 e. The van der Waals surface area contributed by atoms with Crippen LogP contribution in [0, 0.1) is 0 Å². The van der Waals surface area contributed by atoms with Gasteiger partial charge in [-0.15, -0.1) is 0 Å². The quantitative estimate of drug-likeness (QED) is 0.504. The fourth-order valence-corrected chi connectivity index (χ4v) is 4.43. The Morgan fingerprint density at radius 3 is 2.55 bits per heavy atom. The maximum absolute atomic E-state index is 5.69. The molecule has 0 fully saturated rings. The van der Waals surface area contributed by atoms with Crippen LogP contribution in [0.4, 0.5) is 0 Å². The molecular weight excluding hydrogens is 408 g/mol. The molecule has 1 aliphatic carbocycles. The molecule has 0 amide bonds. The van der Waals surface area contributed by atoms with E-state index in [0.717, 1.165) is 39.4 Å². The van der Waals surface area contributed by atoms with Crippen LogP contribution < -0.4 is 4.74 Å². The molecule has 2 unspecified atom stereocenters. The summed E-state index contributed by atoms with van der Waals surface area (Å²) in [6.07, 6.45) is 14.5. The van der Waals surface area contributed by atoms with Gasteiger partial charge in [-0.2, -0.15) is 0 Å². The number of benzene rings is 2. The van der Waals surface area contributed by atoms with Crippen LogP contribution in [0.15, 0.2) is 108 Å². The average Bonchev–Trinajstić information content (AvgIpc) is 3.56. The van der Waals surface area contributed by atoms with Gasteiger partial charge in [0.1, 0.15) is 5.75 Å². The van der Waals surface area contributed by atoms with Crippen LogP contribution in [0.1, 0.15) is 28.3 Å². The van der Waals surface area contributed by atoms with Gasteiger partial charge in [0.15, 0.2) is 0 Å². The van der Waals surface area contributed by atoms with Crippen molar-refractivity contribution in [1.82, 2.24) is 4.98 Å². The predicted molar refractivity (Wildman–Crippen MR) is 135 cm³/mol. The van der Waals surface area contributed by atoms with Crippen LogP contribution in [0.25, 0.3) is 11.1 Å². The number of para-hydroxylation sites is 1. The van der Waals surface area contributed by atoms with E-state index < -0.39 is 0 Å². The number of H-pyrrole nitrogens is 1. The lowest BCUT2D eigenvalue weighted by Gasteiger charge is -2.21. The van der Waals surface area contributed by atoms with Crippen molar-refractivity contribution in [1.29, 1.82) is 0 Å². The smallest absolute Gasteiger partial charge is 0.126 e. The summed E-state index contributed by atoms with van der Waals surface area (Å²) in [4.78, 5) is 8.31. The number of allylic oxidation sites excluding steroid dienone is 4. The number of rotatable bonds is 6. The van der Waals surface area contributed by atoms with Crippen molar-refractivity contribution in [3.05, 3.63) is 125 Å². The molecular formula is C29H26N2O2. The third-order valence-corrected chi connectivity index (χ3v) is 6.09. The van der Waals surface area contributed by atoms with Gasteiger partial charge < -0.3 is 14.5 Å². The molecule has 4 heteroatoms. The van der Waals surface area contributed by atoms with E-state index in [2.05, 4.69) is 71.9 Å². The fourth-order valence-electron chi connectivity index (χ4n) is 4.43. The van der Waals surface area contributed by atoms with Crippen molar-refractivity contribution < 1.29 is 9.47 Å². The minimum atomic E-state index is 0.0213. The van der Waals surface area contributed by atoms with Crippen LogP contribution in [-0.4, -0.2) is 31.5 Å². The summed E-state index contributed by atoms with van der Waals surface area (Å²) < 4.78 is 11.3. The van der Waals surface area contributed by atoms with Crippen molar-refractivity contribution in [2.24, 2.45) is 4.99 Å². The lowest BCUT2D eigenvalue weighted by Crippen LogP contribution is -2.18. The van der Waals surface area contributed by atoms with E-state index in [1.807, 2.05) is 36.6 Å². The topological polar surface area (TPSA) is 46.6 Å². The SMILES string of the molecule is COc1ccccc1C1=C/C(=C(\c2ccccc2)c2cc(C3C=CC=CC3OC)c[nH]2)N=C1. The number of nitrogens with one attached hydrogen (secondary N) is 1. The van der Waals surface area contributed by atoms with Gasteiger partial charge >= 0.3 is 0 Å². The van der Waals surface area contributed by atoms with Crippen molar-refractivity contribution in [2.75, 3.05) is 14.2 Å². The maximum Gasteiger partial charge on any atom is 0.126 e. The van der Waals surface area contributed by atoms with E-state index in [1.165, 1.54) is 5.56 Å². The van der Waals surface area contributed by atoms with Gasteiger partial charge in [-0.25, -0.2) is 0 Å². The highest BCUT2D eigenvalue weighted by Gasteiger charge is 2.23. The number of aromatic nitrogens is 1. The Balaban J connectivity index is 1.59. The van der Waals surface area contributed by atoms with E-state index in [9.17, 15) is 0 Å². The molecule has 33 heavy (non-hydrogen) atoms. The Kier molecular flexibility index (Phi) is 5.92. The molecule has 3 aromatic rings. The Labute approximate surface area is 194 Å². The molecule has 2 atom stereocenters. The highest BCUT2D eigenvalue weighted by atomic mass is 16.5. The lowest BCUT2D eigenvalue weighted by atomic mass is 9.91. The first-order valence-electron chi connectivity index (χ1n) is 11.0. The highest BCUT2D eigenvalue weighted by molar-refractivity contribution is 6.15. The number of aromatic amines is 1. The van der Waals surface area contributed by atoms with E-state index in [0.29, 0.717) is 0 Å². The molecule has 0 saturated carbocycles. The average molecular weight is 435 g/mol. The molecule has 0 spiro atoms. The number of aliphatic imine (C=N–C) groups is 1. The number of hydrogen-bond donors (Lipinski definition) is 1. The van der Waals surface area contributed by atoms with Crippen molar-refractivity contribution in [3.8, 4) is 5.75 Å². The van der Waals surface area contributed by atoms with E-state index in [-0.39, 0.29) is 12.0 Å². The zero-order valence-electron chi connectivity index (χ0n) is 18.7. The first-order valence-corrected chi connectivity index (χ1v) is 11.0. The zero-order valence-corrected chi connectivity index (χ0v) is 18.7. The second-order valence-electron chi connectivity index (χ2n) is 8.03. The number of ether oxygens (including phenoxy) is 2. The monoisotopic (exact) mass is 434 g/mol. The predicted octanol–water partition coefficient (Wildman–Crippen LogP) is 6.18. The summed E-state index contributed by atoms with van der Waals surface area (Å²) in [7, 11) is 3.45. The van der Waals surface area contributed by atoms with Crippen LogP contribution in [-0.2, 0) is 4.74 Å². The van der Waals surface area contributed by atoms with Crippen LogP contribution in [0.5, 0.6) is 5.75 Å². The van der Waals surface area contributed by atoms with Crippen molar-refractivity contribution in [2.45, 2.75) is 12.0 Å². The summed E-state index contributed by atoms with van der Waals surface area (Å²) >= 11 is 0. The third-order valence-electron chi connectivity index (χ3n) is 6.09. The Bertz CT molecular complexity index is 1290. The molecule has 0 saturated heterocycles. The Hall–Kier alpha value is -3.89. The Morgan fingerprint density at radius 2 is 1.73 bits per heavy atom. The second kappa shape index (κ2) is 9.31. The van der Waals surface area contributed by atoms with Gasteiger partial charge in [0.05, 0.1) is 18.9 Å². The summed E-state index contributed by atoms with van der Waals surface area (Å²) in [6, 6.07) is 20.6. The first kappa shape index (κ1) is 21.0. The summed E-state index contributed by atoms with van der Waals surface area (Å²) in [5.74, 6) is 1.00. The molecule has 2 aliphatic rings. The second-order valence-corrected chi connectivity index (χ2v) is 8.03.